The second-order valence-electron chi connectivity index (χ2n) is 11.4. The maximum Gasteiger partial charge on any atom is 4.00 e. The van der Waals surface area contributed by atoms with Gasteiger partial charge < -0.3 is 0 Å². The van der Waals surface area contributed by atoms with Crippen molar-refractivity contribution < 1.29 is 26.2 Å². The van der Waals surface area contributed by atoms with E-state index in [2.05, 4.69) is 149 Å². The molecule has 2 aliphatic rings. The third-order valence-electron chi connectivity index (χ3n) is 8.15. The van der Waals surface area contributed by atoms with Crippen LogP contribution in [-0.4, -0.2) is 0 Å². The minimum atomic E-state index is 0. The minimum absolute atomic E-state index is 0. The second-order valence-corrected chi connectivity index (χ2v) is 11.4. The Morgan fingerprint density at radius 3 is 0.694 bits per heavy atom. The molecule has 0 atom stereocenters. The first-order chi connectivity index (χ1) is 23.6. The molecule has 0 heterocycles. The van der Waals surface area contributed by atoms with Crippen LogP contribution in [0.5, 0.6) is 0 Å². The van der Waals surface area contributed by atoms with Gasteiger partial charge in [0.25, 0.3) is 0 Å². The van der Waals surface area contributed by atoms with Gasteiger partial charge in [0, 0.05) is 0 Å². The van der Waals surface area contributed by atoms with Crippen LogP contribution in [0.15, 0.2) is 97.1 Å². The number of hydrogen-bond acceptors (Lipinski definition) is 0. The molecule has 0 bridgehead atoms. The zero-order valence-electron chi connectivity index (χ0n) is 29.3. The molecule has 0 nitrogen and oxygen atoms in total. The molecule has 6 rings (SSSR count). The van der Waals surface area contributed by atoms with Crippen molar-refractivity contribution in [1.29, 1.82) is 0 Å². The molecule has 4 aromatic rings. The topological polar surface area (TPSA) is 0 Å². The van der Waals surface area contributed by atoms with Gasteiger partial charge in [0.2, 0.25) is 0 Å². The smallest absolute Gasteiger partial charge is 0.296 e. The van der Waals surface area contributed by atoms with Gasteiger partial charge in [0.1, 0.15) is 0 Å². The molecular weight excluding hydrogens is 668 g/mol. The quantitative estimate of drug-likeness (QED) is 0.126. The van der Waals surface area contributed by atoms with Crippen LogP contribution in [0.3, 0.4) is 0 Å². The zero-order chi connectivity index (χ0) is 33.8. The summed E-state index contributed by atoms with van der Waals surface area (Å²) in [5, 5.41) is 0. The van der Waals surface area contributed by atoms with Gasteiger partial charge in [-0.15, -0.1) is 23.3 Å². The largest absolute Gasteiger partial charge is 4.00 e. The summed E-state index contributed by atoms with van der Waals surface area (Å²) in [6.07, 6.45) is 30.9. The van der Waals surface area contributed by atoms with Crippen molar-refractivity contribution in [2.45, 2.75) is 53.4 Å². The van der Waals surface area contributed by atoms with Crippen molar-refractivity contribution in [2.24, 2.45) is 0 Å². The Labute approximate surface area is 318 Å². The van der Waals surface area contributed by atoms with Crippen LogP contribution in [0.1, 0.15) is 72.2 Å². The third-order valence-corrected chi connectivity index (χ3v) is 8.15. The number of allylic oxidation sites excluding steroid dienone is 2. The number of benzene rings is 4. The van der Waals surface area contributed by atoms with Crippen molar-refractivity contribution in [2.75, 3.05) is 0 Å². The Morgan fingerprint density at radius 2 is 0.531 bits per heavy atom. The molecule has 2 fully saturated rings. The van der Waals surface area contributed by atoms with Crippen LogP contribution in [0, 0.1) is 88.2 Å². The third kappa shape index (κ3) is 13.6. The summed E-state index contributed by atoms with van der Waals surface area (Å²) in [4.78, 5) is 0. The molecular formula is C48H46Zr+2. The molecule has 1 heteroatoms. The van der Waals surface area contributed by atoms with Gasteiger partial charge in [-0.1, -0.05) is 147 Å². The van der Waals surface area contributed by atoms with E-state index >= 15 is 0 Å². The first kappa shape index (κ1) is 40.2. The predicted molar refractivity (Wildman–Crippen MR) is 206 cm³/mol. The van der Waals surface area contributed by atoms with E-state index in [-0.39, 0.29) is 26.2 Å². The summed E-state index contributed by atoms with van der Waals surface area (Å²) >= 11 is 0. The fraction of sp³-hybridized carbons (Fsp3) is 0.167. The number of aryl methyl sites for hydroxylation is 4. The van der Waals surface area contributed by atoms with Crippen LogP contribution >= 0.6 is 0 Å². The fourth-order valence-electron chi connectivity index (χ4n) is 5.08. The normalized spacial score (nSPS) is 12.9. The van der Waals surface area contributed by atoms with E-state index in [0.29, 0.717) is 0 Å². The Hall–Kier alpha value is -3.20. The number of hydrogen-bond donors (Lipinski definition) is 0. The number of rotatable bonds is 8. The Kier molecular flexibility index (Phi) is 19.1. The molecule has 10 radical (unpaired) electrons. The van der Waals surface area contributed by atoms with E-state index in [1.54, 1.807) is 0 Å². The summed E-state index contributed by atoms with van der Waals surface area (Å²) in [6.45, 7) is 8.71. The maximum absolute atomic E-state index is 3.40. The van der Waals surface area contributed by atoms with Gasteiger partial charge in [-0.2, -0.15) is 0 Å². The van der Waals surface area contributed by atoms with Gasteiger partial charge in [0.05, 0.1) is 0 Å². The second kappa shape index (κ2) is 23.3. The summed E-state index contributed by atoms with van der Waals surface area (Å²) in [5.74, 6) is 6.37. The average Bonchev–Trinajstić information content (AvgIpc) is 3.95. The molecule has 0 N–H and O–H groups in total. The molecule has 0 aromatic heterocycles. The predicted octanol–water partition coefficient (Wildman–Crippen LogP) is 11.1. The summed E-state index contributed by atoms with van der Waals surface area (Å²) in [5.41, 5.74) is 11.8. The molecule has 2 saturated carbocycles. The van der Waals surface area contributed by atoms with E-state index in [9.17, 15) is 0 Å². The minimum Gasteiger partial charge on any atom is -0.296 e. The molecule has 49 heavy (non-hydrogen) atoms. The van der Waals surface area contributed by atoms with Gasteiger partial charge >= 0.3 is 26.2 Å². The first-order valence-electron chi connectivity index (χ1n) is 17.1. The van der Waals surface area contributed by atoms with Crippen molar-refractivity contribution in [3.05, 3.63) is 218 Å². The van der Waals surface area contributed by atoms with Gasteiger partial charge in [0.15, 0.2) is 0 Å². The van der Waals surface area contributed by atoms with Crippen LogP contribution in [0.2, 0.25) is 0 Å². The van der Waals surface area contributed by atoms with E-state index < -0.39 is 0 Å². The molecule has 0 amide bonds. The van der Waals surface area contributed by atoms with Crippen LogP contribution in [0.4, 0.5) is 0 Å². The van der Waals surface area contributed by atoms with Crippen molar-refractivity contribution in [1.82, 2.24) is 0 Å². The summed E-state index contributed by atoms with van der Waals surface area (Å²) in [6, 6.07) is 34.9. The Bertz CT molecular complexity index is 1360. The van der Waals surface area contributed by atoms with Crippen molar-refractivity contribution in [3.8, 4) is 11.8 Å². The summed E-state index contributed by atoms with van der Waals surface area (Å²) in [7, 11) is 0. The van der Waals surface area contributed by atoms with Gasteiger partial charge in [-0.05, 0) is 112 Å². The van der Waals surface area contributed by atoms with Crippen LogP contribution in [-0.2, 0) is 51.9 Å². The molecule has 0 saturated heterocycles. The van der Waals surface area contributed by atoms with Crippen LogP contribution in [0.25, 0.3) is 11.1 Å². The standard InChI is InChI=1S/C38H36.2C5H5.Zr/c1-5-29-13-21-33(22-14-29)37(34-23-15-30(6-2)16-24-34)11-9-10-12-38(35-25-17-31(7-3)18-26-35)36-27-19-32(8-4)20-28-36;2*1-2-4-5-3-1;/h13-28H,5-8H2,1-4H3;2*1-5H;/q-2;;;+4. The molecule has 0 unspecified atom stereocenters. The first-order valence-corrected chi connectivity index (χ1v) is 17.1. The van der Waals surface area contributed by atoms with E-state index in [1.807, 2.05) is 64.2 Å². The van der Waals surface area contributed by atoms with E-state index in [0.717, 1.165) is 59.1 Å². The van der Waals surface area contributed by atoms with Crippen LogP contribution < -0.4 is 0 Å². The maximum atomic E-state index is 3.40. The van der Waals surface area contributed by atoms with E-state index in [1.165, 1.54) is 22.3 Å². The molecule has 0 aliphatic heterocycles. The van der Waals surface area contributed by atoms with E-state index in [4.69, 9.17) is 0 Å². The molecule has 0 spiro atoms. The van der Waals surface area contributed by atoms with Crippen molar-refractivity contribution in [3.63, 3.8) is 0 Å². The molecule has 4 aromatic carbocycles. The molecule has 240 valence electrons. The molecule has 2 aliphatic carbocycles. The average molecular weight is 714 g/mol. The van der Waals surface area contributed by atoms with Gasteiger partial charge in [-0.3, -0.25) is 11.8 Å². The van der Waals surface area contributed by atoms with Crippen molar-refractivity contribution >= 4 is 11.1 Å². The summed E-state index contributed by atoms with van der Waals surface area (Å²) < 4.78 is 0. The monoisotopic (exact) mass is 712 g/mol. The Balaban J connectivity index is 0.000000504. The Morgan fingerprint density at radius 1 is 0.347 bits per heavy atom. The SMILES string of the molecule is CCc1ccc(C(=[C-]C#C[C-]=C(c2ccc(CC)cc2)c2ccc(CC)cc2)c2ccc(CC)cc2)cc1.[CH]1[CH][CH][CH][CH]1.[CH]1[CH][CH][CH][CH]1.[Zr+4]. The van der Waals surface area contributed by atoms with Gasteiger partial charge in [-0.25, -0.2) is 0 Å². The fourth-order valence-corrected chi connectivity index (χ4v) is 5.08. The zero-order valence-corrected chi connectivity index (χ0v) is 31.8.